The maximum Gasteiger partial charge on any atom is 0.328 e. The molecule has 3 aromatic rings. The lowest BCUT2D eigenvalue weighted by molar-refractivity contribution is -0.150. The van der Waals surface area contributed by atoms with E-state index in [9.17, 15) is 23.5 Å². The Bertz CT molecular complexity index is 1300. The number of nitrogens with one attached hydrogen (secondary N) is 1. The van der Waals surface area contributed by atoms with E-state index in [4.69, 9.17) is 14.2 Å². The number of esters is 1. The van der Waals surface area contributed by atoms with Gasteiger partial charge in [-0.25, -0.2) is 18.6 Å². The molecule has 0 aliphatic rings. The number of halogens is 2. The van der Waals surface area contributed by atoms with Crippen molar-refractivity contribution in [1.82, 2.24) is 10.3 Å². The fraction of sp³-hybridized carbons (Fsp3) is 0.296. The van der Waals surface area contributed by atoms with Gasteiger partial charge in [-0.05, 0) is 44.0 Å². The Balaban J connectivity index is 1.86. The quantitative estimate of drug-likeness (QED) is 0.411. The van der Waals surface area contributed by atoms with E-state index in [1.54, 1.807) is 26.0 Å². The summed E-state index contributed by atoms with van der Waals surface area (Å²) in [5.41, 5.74) is 1.21. The van der Waals surface area contributed by atoms with Crippen molar-refractivity contribution >= 4 is 11.9 Å². The highest BCUT2D eigenvalue weighted by Crippen LogP contribution is 2.37. The Morgan fingerprint density at radius 1 is 1.00 bits per heavy atom. The van der Waals surface area contributed by atoms with Crippen molar-refractivity contribution in [2.45, 2.75) is 38.8 Å². The van der Waals surface area contributed by atoms with Gasteiger partial charge in [0.2, 0.25) is 0 Å². The fourth-order valence-corrected chi connectivity index (χ4v) is 3.95. The van der Waals surface area contributed by atoms with Crippen LogP contribution in [0.25, 0.3) is 0 Å². The molecular formula is C27H28F2N2O6. The highest BCUT2D eigenvalue weighted by molar-refractivity contribution is 5.97. The van der Waals surface area contributed by atoms with Gasteiger partial charge in [0.05, 0.1) is 14.2 Å². The summed E-state index contributed by atoms with van der Waals surface area (Å²) in [6.45, 7) is 4.65. The van der Waals surface area contributed by atoms with Crippen LogP contribution in [0.1, 0.15) is 46.9 Å². The zero-order valence-electron chi connectivity index (χ0n) is 21.0. The molecule has 37 heavy (non-hydrogen) atoms. The van der Waals surface area contributed by atoms with Crippen LogP contribution in [0.15, 0.2) is 48.7 Å². The number of hydrogen-bond acceptors (Lipinski definition) is 7. The van der Waals surface area contributed by atoms with Gasteiger partial charge < -0.3 is 24.6 Å². The molecule has 0 unspecified atom stereocenters. The van der Waals surface area contributed by atoms with Gasteiger partial charge in [-0.1, -0.05) is 18.2 Å². The lowest BCUT2D eigenvalue weighted by atomic mass is 9.85. The van der Waals surface area contributed by atoms with E-state index in [-0.39, 0.29) is 17.2 Å². The summed E-state index contributed by atoms with van der Waals surface area (Å²) in [7, 11) is 2.72. The van der Waals surface area contributed by atoms with Crippen molar-refractivity contribution in [3.8, 4) is 17.2 Å². The second kappa shape index (κ2) is 11.7. The Kier molecular flexibility index (Phi) is 8.65. The number of benzene rings is 2. The molecule has 0 saturated heterocycles. The van der Waals surface area contributed by atoms with Crippen LogP contribution in [0.3, 0.4) is 0 Å². The molecule has 0 radical (unpaired) electrons. The fourth-order valence-electron chi connectivity index (χ4n) is 3.95. The molecule has 10 heteroatoms. The number of aromatic nitrogens is 1. The molecular weight excluding hydrogens is 486 g/mol. The van der Waals surface area contributed by atoms with Gasteiger partial charge in [-0.15, -0.1) is 0 Å². The molecule has 0 bridgehead atoms. The average Bonchev–Trinajstić information content (AvgIpc) is 2.87. The van der Waals surface area contributed by atoms with Crippen molar-refractivity contribution in [1.29, 1.82) is 0 Å². The minimum absolute atomic E-state index is 0.0506. The lowest BCUT2D eigenvalue weighted by Crippen LogP contribution is -2.41. The summed E-state index contributed by atoms with van der Waals surface area (Å²) in [6.07, 6.45) is 0.448. The topological polar surface area (TPSA) is 107 Å². The van der Waals surface area contributed by atoms with Gasteiger partial charge in [-0.2, -0.15) is 0 Å². The first-order valence-electron chi connectivity index (χ1n) is 11.4. The predicted octanol–water partition coefficient (Wildman–Crippen LogP) is 4.27. The van der Waals surface area contributed by atoms with Crippen LogP contribution < -0.4 is 14.8 Å². The number of hydrogen-bond donors (Lipinski definition) is 2. The molecule has 0 saturated carbocycles. The lowest BCUT2D eigenvalue weighted by Gasteiger charge is -2.28. The van der Waals surface area contributed by atoms with Crippen molar-refractivity contribution < 1.29 is 37.7 Å². The summed E-state index contributed by atoms with van der Waals surface area (Å²) in [6, 6.07) is 8.73. The van der Waals surface area contributed by atoms with E-state index < -0.39 is 47.3 Å². The minimum atomic E-state index is -1.12. The Morgan fingerprint density at radius 2 is 1.70 bits per heavy atom. The largest absolute Gasteiger partial charge is 0.503 e. The Hall–Kier alpha value is -4.21. The first-order chi connectivity index (χ1) is 17.6. The van der Waals surface area contributed by atoms with Gasteiger partial charge in [0.1, 0.15) is 29.5 Å². The van der Waals surface area contributed by atoms with Gasteiger partial charge in [0.15, 0.2) is 17.2 Å². The molecule has 0 spiro atoms. The van der Waals surface area contributed by atoms with Gasteiger partial charge >= 0.3 is 5.97 Å². The van der Waals surface area contributed by atoms with E-state index in [0.29, 0.717) is 16.7 Å². The normalized spacial score (nSPS) is 13.3. The van der Waals surface area contributed by atoms with Crippen LogP contribution in [-0.4, -0.2) is 48.3 Å². The summed E-state index contributed by atoms with van der Waals surface area (Å²) in [5, 5.41) is 12.6. The molecule has 0 fully saturated rings. The Labute approximate surface area is 213 Å². The molecule has 1 heterocycles. The number of ether oxygens (including phenoxy) is 3. The third-order valence-electron chi connectivity index (χ3n) is 5.87. The number of rotatable bonds is 9. The number of aryl methyl sites for hydroxylation is 1. The molecule has 3 atom stereocenters. The van der Waals surface area contributed by atoms with Gasteiger partial charge in [-0.3, -0.25) is 4.79 Å². The summed E-state index contributed by atoms with van der Waals surface area (Å²) in [4.78, 5) is 29.4. The third kappa shape index (κ3) is 6.14. The van der Waals surface area contributed by atoms with Crippen LogP contribution in [-0.2, 0) is 9.53 Å². The van der Waals surface area contributed by atoms with Gasteiger partial charge in [0, 0.05) is 29.8 Å². The average molecular weight is 515 g/mol. The number of amides is 1. The van der Waals surface area contributed by atoms with E-state index in [2.05, 4.69) is 10.3 Å². The smallest absolute Gasteiger partial charge is 0.328 e. The standard InChI is InChI=1S/C27H28F2N2O6/c1-14-12-17(6-9-20(14)29)23(19-8-7-18(28)13-22(19)36-5)16(3)37-27(34)15(2)31-26(33)24-25(32)21(35-4)10-11-30-24/h6-13,15-16,23,32H,1-5H3,(H,31,33)/t15-,16-,23+/m0/s1. The maximum atomic E-state index is 14.0. The van der Waals surface area contributed by atoms with Crippen molar-refractivity contribution in [2.75, 3.05) is 14.2 Å². The first-order valence-corrected chi connectivity index (χ1v) is 11.4. The number of carbonyl (C=O) groups excluding carboxylic acids is 2. The van der Waals surface area contributed by atoms with Gasteiger partial charge in [0.25, 0.3) is 5.91 Å². The zero-order chi connectivity index (χ0) is 27.3. The number of aromatic hydroxyl groups is 1. The molecule has 0 aliphatic carbocycles. The zero-order valence-corrected chi connectivity index (χ0v) is 21.0. The number of pyridine rings is 1. The molecule has 196 valence electrons. The molecule has 8 nitrogen and oxygen atoms in total. The van der Waals surface area contributed by atoms with Crippen LogP contribution in [0.2, 0.25) is 0 Å². The van der Waals surface area contributed by atoms with Crippen molar-refractivity contribution in [2.24, 2.45) is 0 Å². The van der Waals surface area contributed by atoms with E-state index in [0.717, 1.165) is 0 Å². The van der Waals surface area contributed by atoms with Crippen molar-refractivity contribution in [3.05, 3.63) is 82.7 Å². The molecule has 0 aliphatic heterocycles. The number of methoxy groups -OCH3 is 2. The molecule has 3 rings (SSSR count). The predicted molar refractivity (Wildman–Crippen MR) is 131 cm³/mol. The summed E-state index contributed by atoms with van der Waals surface area (Å²) < 4.78 is 43.9. The second-order valence-electron chi connectivity index (χ2n) is 8.42. The van der Waals surface area contributed by atoms with Crippen LogP contribution in [0.4, 0.5) is 8.78 Å². The third-order valence-corrected chi connectivity index (χ3v) is 5.87. The minimum Gasteiger partial charge on any atom is -0.503 e. The monoisotopic (exact) mass is 514 g/mol. The number of carbonyl (C=O) groups is 2. The molecule has 1 aromatic heterocycles. The van der Waals surface area contributed by atoms with E-state index in [1.807, 2.05) is 0 Å². The number of nitrogens with zero attached hydrogens (tertiary/aromatic N) is 1. The summed E-state index contributed by atoms with van der Waals surface area (Å²) >= 11 is 0. The molecule has 2 N–H and O–H groups in total. The second-order valence-corrected chi connectivity index (χ2v) is 8.42. The first kappa shape index (κ1) is 27.4. The van der Waals surface area contributed by atoms with Crippen LogP contribution in [0.5, 0.6) is 17.2 Å². The molecule has 1 amide bonds. The highest BCUT2D eigenvalue weighted by atomic mass is 19.1. The summed E-state index contributed by atoms with van der Waals surface area (Å²) in [5.74, 6) is -3.32. The van der Waals surface area contributed by atoms with E-state index >= 15 is 0 Å². The Morgan fingerprint density at radius 3 is 2.35 bits per heavy atom. The SMILES string of the molecule is COc1cc(F)ccc1[C@@H](c1ccc(F)c(C)c1)[C@H](C)OC(=O)[C@H](C)NC(=O)c1nccc(OC)c1O. The maximum absolute atomic E-state index is 14.0. The van der Waals surface area contributed by atoms with Crippen LogP contribution in [0, 0.1) is 18.6 Å². The van der Waals surface area contributed by atoms with Crippen LogP contribution >= 0.6 is 0 Å². The highest BCUT2D eigenvalue weighted by Gasteiger charge is 2.30. The molecule has 2 aromatic carbocycles. The van der Waals surface area contributed by atoms with Crippen molar-refractivity contribution in [3.63, 3.8) is 0 Å². The van der Waals surface area contributed by atoms with E-state index in [1.165, 1.54) is 57.7 Å².